The van der Waals surface area contributed by atoms with Crippen LogP contribution >= 0.6 is 0 Å². The van der Waals surface area contributed by atoms with E-state index in [0.717, 1.165) is 0 Å². The highest BCUT2D eigenvalue weighted by Gasteiger charge is 2.26. The molecule has 1 saturated heterocycles. The van der Waals surface area contributed by atoms with Crippen molar-refractivity contribution < 1.29 is 31.8 Å². The Labute approximate surface area is 157 Å². The minimum absolute atomic E-state index is 0.105. The van der Waals surface area contributed by atoms with Crippen molar-refractivity contribution in [2.24, 2.45) is 0 Å². The molecule has 1 aromatic carbocycles. The van der Waals surface area contributed by atoms with E-state index < -0.39 is 16.0 Å². The Morgan fingerprint density at radius 1 is 1.19 bits per heavy atom. The summed E-state index contributed by atoms with van der Waals surface area (Å²) in [7, 11) is -2.23. The van der Waals surface area contributed by atoms with E-state index in [1.54, 1.807) is 25.1 Å². The van der Waals surface area contributed by atoms with Crippen LogP contribution in [-0.2, 0) is 26.1 Å². The molecule has 0 spiro atoms. The number of methoxy groups -OCH3 is 1. The zero-order chi connectivity index (χ0) is 19.4. The molecule has 2 aromatic rings. The largest absolute Gasteiger partial charge is 0.486 e. The summed E-state index contributed by atoms with van der Waals surface area (Å²) in [5.41, 5.74) is 0.350. The Morgan fingerprint density at radius 2 is 1.85 bits per heavy atom. The van der Waals surface area contributed by atoms with Crippen LogP contribution in [0.4, 0.5) is 0 Å². The zero-order valence-corrected chi connectivity index (χ0v) is 16.0. The van der Waals surface area contributed by atoms with Crippen LogP contribution in [0, 0.1) is 6.92 Å². The van der Waals surface area contributed by atoms with E-state index in [0.29, 0.717) is 49.1 Å². The molecule has 0 unspecified atom stereocenters. The highest BCUT2D eigenvalue weighted by molar-refractivity contribution is 7.89. The number of ether oxygens (including phenoxy) is 3. The number of rotatable bonds is 6. The molecule has 0 aliphatic carbocycles. The van der Waals surface area contributed by atoms with Gasteiger partial charge in [0.05, 0.1) is 25.2 Å². The first-order chi connectivity index (χ1) is 12.9. The fourth-order valence-corrected chi connectivity index (χ4v) is 4.13. The number of benzene rings is 1. The minimum atomic E-state index is -3.53. The third-order valence-corrected chi connectivity index (χ3v) is 6.10. The molecule has 1 fully saturated rings. The molecule has 1 aromatic heterocycles. The van der Waals surface area contributed by atoms with Gasteiger partial charge in [-0.3, -0.25) is 0 Å². The van der Waals surface area contributed by atoms with Crippen LogP contribution in [0.2, 0.25) is 0 Å². The summed E-state index contributed by atoms with van der Waals surface area (Å²) in [5.74, 6) is 0.940. The number of nitrogens with zero attached hydrogens (tertiary/aromatic N) is 1. The standard InChI is InChI=1S/C18H21NO7S/c1-13-17(18(20)23-2)11-15(26-13)12-25-14-3-5-16(6-4-14)27(21,22)19-7-9-24-10-8-19/h3-6,11H,7-10,12H2,1-2H3. The van der Waals surface area contributed by atoms with Gasteiger partial charge in [-0.1, -0.05) is 0 Å². The molecule has 0 N–H and O–H groups in total. The Bertz CT molecular complexity index is 896. The molecule has 0 amide bonds. The maximum absolute atomic E-state index is 12.6. The molecular formula is C18H21NO7S. The van der Waals surface area contributed by atoms with Crippen LogP contribution in [0.25, 0.3) is 0 Å². The van der Waals surface area contributed by atoms with Gasteiger partial charge >= 0.3 is 5.97 Å². The Balaban J connectivity index is 1.65. The van der Waals surface area contributed by atoms with E-state index >= 15 is 0 Å². The normalized spacial score (nSPS) is 15.5. The van der Waals surface area contributed by atoms with Crippen LogP contribution in [-0.4, -0.2) is 52.1 Å². The van der Waals surface area contributed by atoms with Gasteiger partial charge in [-0.25, -0.2) is 13.2 Å². The number of morpholine rings is 1. The van der Waals surface area contributed by atoms with Crippen LogP contribution in [0.15, 0.2) is 39.6 Å². The Morgan fingerprint density at radius 3 is 2.48 bits per heavy atom. The predicted molar refractivity (Wildman–Crippen MR) is 95.1 cm³/mol. The molecule has 146 valence electrons. The fraction of sp³-hybridized carbons (Fsp3) is 0.389. The summed E-state index contributed by atoms with van der Waals surface area (Å²) in [6.45, 7) is 3.27. The summed E-state index contributed by atoms with van der Waals surface area (Å²) >= 11 is 0. The quantitative estimate of drug-likeness (QED) is 0.690. The van der Waals surface area contributed by atoms with E-state index in [-0.39, 0.29) is 11.5 Å². The van der Waals surface area contributed by atoms with E-state index in [1.807, 2.05) is 0 Å². The number of carbonyl (C=O) groups excluding carboxylic acids is 1. The van der Waals surface area contributed by atoms with Gasteiger partial charge in [0.1, 0.15) is 29.4 Å². The fourth-order valence-electron chi connectivity index (χ4n) is 2.73. The zero-order valence-electron chi connectivity index (χ0n) is 15.1. The molecule has 0 radical (unpaired) electrons. The number of hydrogen-bond donors (Lipinski definition) is 0. The van der Waals surface area contributed by atoms with Crippen LogP contribution < -0.4 is 4.74 Å². The molecule has 1 aliphatic heterocycles. The van der Waals surface area contributed by atoms with Crippen molar-refractivity contribution in [3.05, 3.63) is 47.4 Å². The maximum Gasteiger partial charge on any atom is 0.341 e. The van der Waals surface area contributed by atoms with Crippen LogP contribution in [0.5, 0.6) is 5.75 Å². The molecule has 3 rings (SSSR count). The smallest absolute Gasteiger partial charge is 0.341 e. The van der Waals surface area contributed by atoms with Gasteiger partial charge in [-0.15, -0.1) is 0 Å². The molecule has 27 heavy (non-hydrogen) atoms. The molecule has 0 saturated carbocycles. The second kappa shape index (κ2) is 8.12. The number of aryl methyl sites for hydroxylation is 1. The topological polar surface area (TPSA) is 95.3 Å². The number of hydrogen-bond acceptors (Lipinski definition) is 7. The lowest BCUT2D eigenvalue weighted by atomic mass is 10.2. The second-order valence-corrected chi connectivity index (χ2v) is 7.89. The Kier molecular flexibility index (Phi) is 5.83. The lowest BCUT2D eigenvalue weighted by molar-refractivity contribution is 0.0598. The highest BCUT2D eigenvalue weighted by Crippen LogP contribution is 2.22. The molecular weight excluding hydrogens is 374 g/mol. The number of carbonyl (C=O) groups is 1. The maximum atomic E-state index is 12.6. The van der Waals surface area contributed by atoms with Crippen molar-refractivity contribution >= 4 is 16.0 Å². The molecule has 9 heteroatoms. The lowest BCUT2D eigenvalue weighted by Crippen LogP contribution is -2.40. The van der Waals surface area contributed by atoms with Crippen LogP contribution in [0.1, 0.15) is 21.9 Å². The van der Waals surface area contributed by atoms with Crippen molar-refractivity contribution in [3.8, 4) is 5.75 Å². The van der Waals surface area contributed by atoms with Crippen molar-refractivity contribution in [1.29, 1.82) is 0 Å². The van der Waals surface area contributed by atoms with Gasteiger partial charge in [0.2, 0.25) is 10.0 Å². The lowest BCUT2D eigenvalue weighted by Gasteiger charge is -2.26. The molecule has 8 nitrogen and oxygen atoms in total. The van der Waals surface area contributed by atoms with Crippen LogP contribution in [0.3, 0.4) is 0 Å². The van der Waals surface area contributed by atoms with Gasteiger partial charge in [0.15, 0.2) is 0 Å². The van der Waals surface area contributed by atoms with E-state index in [2.05, 4.69) is 4.74 Å². The van der Waals surface area contributed by atoms with Crippen molar-refractivity contribution in [3.63, 3.8) is 0 Å². The number of esters is 1. The van der Waals surface area contributed by atoms with E-state index in [9.17, 15) is 13.2 Å². The van der Waals surface area contributed by atoms with Gasteiger partial charge in [0.25, 0.3) is 0 Å². The van der Waals surface area contributed by atoms with Gasteiger partial charge < -0.3 is 18.6 Å². The first kappa shape index (κ1) is 19.4. The third kappa shape index (κ3) is 4.32. The van der Waals surface area contributed by atoms with Gasteiger partial charge in [0, 0.05) is 13.1 Å². The monoisotopic (exact) mass is 395 g/mol. The average Bonchev–Trinajstić information content (AvgIpc) is 3.07. The SMILES string of the molecule is COC(=O)c1cc(COc2ccc(S(=O)(=O)N3CCOCC3)cc2)oc1C. The first-order valence-corrected chi connectivity index (χ1v) is 9.84. The van der Waals surface area contributed by atoms with Crippen molar-refractivity contribution in [2.45, 2.75) is 18.4 Å². The van der Waals surface area contributed by atoms with E-state index in [1.165, 1.54) is 23.5 Å². The summed E-state index contributed by atoms with van der Waals surface area (Å²) in [6, 6.07) is 7.76. The molecule has 0 bridgehead atoms. The first-order valence-electron chi connectivity index (χ1n) is 8.40. The van der Waals surface area contributed by atoms with Gasteiger partial charge in [-0.2, -0.15) is 4.31 Å². The summed E-state index contributed by atoms with van der Waals surface area (Å²) in [4.78, 5) is 11.8. The molecule has 0 atom stereocenters. The average molecular weight is 395 g/mol. The second-order valence-electron chi connectivity index (χ2n) is 5.95. The molecule has 2 heterocycles. The van der Waals surface area contributed by atoms with E-state index in [4.69, 9.17) is 13.9 Å². The summed E-state index contributed by atoms with van der Waals surface area (Å²) in [5, 5.41) is 0. The number of furan rings is 1. The van der Waals surface area contributed by atoms with Crippen molar-refractivity contribution in [2.75, 3.05) is 33.4 Å². The molecule has 1 aliphatic rings. The minimum Gasteiger partial charge on any atom is -0.486 e. The van der Waals surface area contributed by atoms with Crippen molar-refractivity contribution in [1.82, 2.24) is 4.31 Å². The van der Waals surface area contributed by atoms with Gasteiger partial charge in [-0.05, 0) is 37.3 Å². The number of sulfonamides is 1. The Hall–Kier alpha value is -2.36. The highest BCUT2D eigenvalue weighted by atomic mass is 32.2. The third-order valence-electron chi connectivity index (χ3n) is 4.19. The summed E-state index contributed by atoms with van der Waals surface area (Å²) in [6.07, 6.45) is 0. The summed E-state index contributed by atoms with van der Waals surface area (Å²) < 4.78 is 47.5. The predicted octanol–water partition coefficient (Wildman–Crippen LogP) is 1.97.